The van der Waals surface area contributed by atoms with Crippen molar-refractivity contribution < 1.29 is 34.6 Å². The number of epoxide rings is 1. The van der Waals surface area contributed by atoms with Crippen LogP contribution in [-0.4, -0.2) is 69.3 Å². The summed E-state index contributed by atoms with van der Waals surface area (Å²) in [5.74, 6) is 0.490. The normalized spacial score (nSPS) is 29.9. The highest BCUT2D eigenvalue weighted by atomic mass is 16.7. The van der Waals surface area contributed by atoms with Crippen LogP contribution >= 0.6 is 0 Å². The summed E-state index contributed by atoms with van der Waals surface area (Å²) in [6.45, 7) is 0.294. The number of benzene rings is 2. The molecule has 0 amide bonds. The second-order valence-electron chi connectivity index (χ2n) is 8.37. The van der Waals surface area contributed by atoms with E-state index in [1.54, 1.807) is 6.07 Å². The maximum absolute atomic E-state index is 10.3. The number of aromatic nitrogens is 1. The van der Waals surface area contributed by atoms with Gasteiger partial charge in [-0.1, -0.05) is 30.3 Å². The van der Waals surface area contributed by atoms with Crippen LogP contribution in [0.25, 0.3) is 10.9 Å². The number of aryl methyl sites for hydroxylation is 2. The molecular weight excluding hydrogens is 414 g/mol. The molecule has 2 aromatic carbocycles. The van der Waals surface area contributed by atoms with E-state index in [2.05, 4.69) is 29.2 Å². The zero-order valence-corrected chi connectivity index (χ0v) is 17.4. The molecule has 2 aliphatic heterocycles. The second-order valence-corrected chi connectivity index (χ2v) is 8.37. The number of rotatable bonds is 7. The van der Waals surface area contributed by atoms with Gasteiger partial charge in [0.1, 0.15) is 36.3 Å². The molecule has 0 spiro atoms. The van der Waals surface area contributed by atoms with E-state index in [1.165, 1.54) is 11.1 Å². The van der Waals surface area contributed by atoms with Crippen molar-refractivity contribution in [1.29, 1.82) is 0 Å². The van der Waals surface area contributed by atoms with Crippen molar-refractivity contribution in [3.05, 3.63) is 65.4 Å². The molecule has 2 saturated heterocycles. The van der Waals surface area contributed by atoms with Gasteiger partial charge in [-0.25, -0.2) is 0 Å². The molecule has 0 aliphatic carbocycles. The summed E-state index contributed by atoms with van der Waals surface area (Å²) < 4.78 is 16.8. The van der Waals surface area contributed by atoms with Crippen LogP contribution < -0.4 is 4.74 Å². The molecule has 8 nitrogen and oxygen atoms in total. The van der Waals surface area contributed by atoms with Crippen molar-refractivity contribution in [3.8, 4) is 5.75 Å². The van der Waals surface area contributed by atoms with E-state index in [0.29, 0.717) is 5.75 Å². The summed E-state index contributed by atoms with van der Waals surface area (Å²) in [6, 6.07) is 14.0. The molecule has 3 aromatic rings. The number of nitrogens with one attached hydrogen (secondary N) is 1. The Morgan fingerprint density at radius 3 is 2.47 bits per heavy atom. The Bertz CT molecular complexity index is 1060. The van der Waals surface area contributed by atoms with Crippen LogP contribution in [-0.2, 0) is 22.3 Å². The molecule has 6 atom stereocenters. The van der Waals surface area contributed by atoms with Crippen LogP contribution in [0.2, 0.25) is 0 Å². The minimum Gasteiger partial charge on any atom is -0.461 e. The summed E-state index contributed by atoms with van der Waals surface area (Å²) >= 11 is 0. The van der Waals surface area contributed by atoms with E-state index < -0.39 is 37.3 Å². The van der Waals surface area contributed by atoms with Gasteiger partial charge in [-0.05, 0) is 41.7 Å². The number of H-pyrrole nitrogens is 1. The third-order valence-corrected chi connectivity index (χ3v) is 6.21. The van der Waals surface area contributed by atoms with Gasteiger partial charge in [-0.3, -0.25) is 0 Å². The van der Waals surface area contributed by atoms with Crippen LogP contribution in [0, 0.1) is 0 Å². The van der Waals surface area contributed by atoms with E-state index in [0.717, 1.165) is 35.9 Å². The van der Waals surface area contributed by atoms with E-state index in [-0.39, 0.29) is 6.10 Å². The topological polar surface area (TPSA) is 128 Å². The average Bonchev–Trinajstić information content (AvgIpc) is 3.58. The Labute approximate surface area is 185 Å². The molecule has 1 aromatic heterocycles. The van der Waals surface area contributed by atoms with Crippen LogP contribution in [0.3, 0.4) is 0 Å². The highest BCUT2D eigenvalue weighted by molar-refractivity contribution is 5.89. The smallest absolute Gasteiger partial charge is 0.229 e. The predicted molar refractivity (Wildman–Crippen MR) is 115 cm³/mol. The second kappa shape index (κ2) is 8.82. The minimum atomic E-state index is -1.49. The highest BCUT2D eigenvalue weighted by Crippen LogP contribution is 2.33. The van der Waals surface area contributed by atoms with E-state index in [1.807, 2.05) is 18.3 Å². The van der Waals surface area contributed by atoms with Crippen molar-refractivity contribution in [2.45, 2.75) is 49.7 Å². The Hall–Kier alpha value is -2.46. The molecule has 3 heterocycles. The quantitative estimate of drug-likeness (QED) is 0.349. The SMILES string of the molecule is OC[C@H]1O[C@@H](Oc2cccc3[nH]cc(CCc4ccc(C5CO5)cc4)c23)[C@H](O)[C@@H](O)[C@@H]1O. The van der Waals surface area contributed by atoms with Crippen molar-refractivity contribution in [3.63, 3.8) is 0 Å². The average molecular weight is 441 g/mol. The molecule has 32 heavy (non-hydrogen) atoms. The van der Waals surface area contributed by atoms with Gasteiger partial charge in [0.2, 0.25) is 6.29 Å². The zero-order chi connectivity index (χ0) is 22.2. The van der Waals surface area contributed by atoms with Gasteiger partial charge in [0, 0.05) is 17.1 Å². The van der Waals surface area contributed by atoms with E-state index >= 15 is 0 Å². The molecule has 1 unspecified atom stereocenters. The maximum Gasteiger partial charge on any atom is 0.229 e. The molecule has 2 aliphatic rings. The maximum atomic E-state index is 10.3. The lowest BCUT2D eigenvalue weighted by molar-refractivity contribution is -0.277. The summed E-state index contributed by atoms with van der Waals surface area (Å²) in [6.07, 6.45) is -2.81. The van der Waals surface area contributed by atoms with Crippen LogP contribution in [0.5, 0.6) is 5.75 Å². The Morgan fingerprint density at radius 1 is 0.969 bits per heavy atom. The lowest BCUT2D eigenvalue weighted by Gasteiger charge is -2.39. The first-order valence-corrected chi connectivity index (χ1v) is 10.8. The number of fused-ring (bicyclic) bond motifs is 1. The van der Waals surface area contributed by atoms with Crippen molar-refractivity contribution in [1.82, 2.24) is 4.98 Å². The summed E-state index contributed by atoms with van der Waals surface area (Å²) in [4.78, 5) is 3.25. The zero-order valence-electron chi connectivity index (χ0n) is 17.4. The molecule has 2 fully saturated rings. The van der Waals surface area contributed by atoms with Crippen molar-refractivity contribution >= 4 is 10.9 Å². The molecule has 8 heteroatoms. The lowest BCUT2D eigenvalue weighted by atomic mass is 9.99. The number of ether oxygens (including phenoxy) is 3. The molecule has 0 bridgehead atoms. The Balaban J connectivity index is 1.34. The molecular formula is C24H27NO7. The van der Waals surface area contributed by atoms with Gasteiger partial charge < -0.3 is 39.6 Å². The van der Waals surface area contributed by atoms with Gasteiger partial charge >= 0.3 is 0 Å². The molecule has 5 N–H and O–H groups in total. The number of aliphatic hydroxyl groups is 4. The van der Waals surface area contributed by atoms with E-state index in [9.17, 15) is 20.4 Å². The van der Waals surface area contributed by atoms with Gasteiger partial charge in [0.25, 0.3) is 0 Å². The Kier molecular flexibility index (Phi) is 5.90. The van der Waals surface area contributed by atoms with Gasteiger partial charge in [0.05, 0.1) is 13.2 Å². The molecule has 0 radical (unpaired) electrons. The third-order valence-electron chi connectivity index (χ3n) is 6.21. The van der Waals surface area contributed by atoms with Gasteiger partial charge in [0.15, 0.2) is 0 Å². The molecule has 170 valence electrons. The molecule has 5 rings (SSSR count). The first-order valence-electron chi connectivity index (χ1n) is 10.8. The van der Waals surface area contributed by atoms with Gasteiger partial charge in [-0.2, -0.15) is 0 Å². The monoisotopic (exact) mass is 441 g/mol. The highest BCUT2D eigenvalue weighted by Gasteiger charge is 2.44. The summed E-state index contributed by atoms with van der Waals surface area (Å²) in [5.41, 5.74) is 4.35. The molecule has 0 saturated carbocycles. The minimum absolute atomic E-state index is 0.250. The van der Waals surface area contributed by atoms with Crippen molar-refractivity contribution in [2.24, 2.45) is 0 Å². The number of aromatic amines is 1. The van der Waals surface area contributed by atoms with E-state index in [4.69, 9.17) is 14.2 Å². The fourth-order valence-corrected chi connectivity index (χ4v) is 4.22. The van der Waals surface area contributed by atoms with Crippen LogP contribution in [0.1, 0.15) is 22.8 Å². The summed E-state index contributed by atoms with van der Waals surface area (Å²) in [7, 11) is 0. The Morgan fingerprint density at radius 2 is 1.75 bits per heavy atom. The number of aliphatic hydroxyl groups excluding tert-OH is 4. The lowest BCUT2D eigenvalue weighted by Crippen LogP contribution is -2.60. The number of hydrogen-bond donors (Lipinski definition) is 5. The van der Waals surface area contributed by atoms with Gasteiger partial charge in [-0.15, -0.1) is 0 Å². The summed E-state index contributed by atoms with van der Waals surface area (Å²) in [5, 5.41) is 40.7. The fraction of sp³-hybridized carbons (Fsp3) is 0.417. The fourth-order valence-electron chi connectivity index (χ4n) is 4.22. The van der Waals surface area contributed by atoms with Crippen molar-refractivity contribution in [2.75, 3.05) is 13.2 Å². The third kappa shape index (κ3) is 4.13. The number of hydrogen-bond acceptors (Lipinski definition) is 7. The first-order chi connectivity index (χ1) is 15.5. The van der Waals surface area contributed by atoms with Crippen LogP contribution in [0.15, 0.2) is 48.7 Å². The standard InChI is InChI=1S/C24H27NO7/c26-11-18-21(27)22(28)23(29)24(32-18)31-17-3-1-2-16-20(17)15(10-25-16)9-6-13-4-7-14(8-5-13)19-12-30-19/h1-5,7-8,10,18-19,21-29H,6,9,11-12H2/t18-,19?,21-,22+,23-,24-/m1/s1. The predicted octanol–water partition coefficient (Wildman–Crippen LogP) is 1.20. The first kappa shape index (κ1) is 21.4. The largest absolute Gasteiger partial charge is 0.461 e. The van der Waals surface area contributed by atoms with Crippen LogP contribution in [0.4, 0.5) is 0 Å².